The van der Waals surface area contributed by atoms with Crippen molar-refractivity contribution in [2.75, 3.05) is 0 Å². The van der Waals surface area contributed by atoms with Crippen molar-refractivity contribution in [3.63, 3.8) is 0 Å². The molecule has 0 aromatic heterocycles. The van der Waals surface area contributed by atoms with Gasteiger partial charge in [0.25, 0.3) is 11.6 Å². The van der Waals surface area contributed by atoms with Crippen molar-refractivity contribution in [3.8, 4) is 0 Å². The number of nitrogens with one attached hydrogen (secondary N) is 1. The van der Waals surface area contributed by atoms with Gasteiger partial charge in [0.05, 0.1) is 11.0 Å². The molecule has 5 nitrogen and oxygen atoms in total. The van der Waals surface area contributed by atoms with Gasteiger partial charge in [-0.15, -0.1) is 0 Å². The highest BCUT2D eigenvalue weighted by Gasteiger charge is 2.14. The summed E-state index contributed by atoms with van der Waals surface area (Å²) in [4.78, 5) is 22.2. The summed E-state index contributed by atoms with van der Waals surface area (Å²) in [6, 6.07) is 15.0. The van der Waals surface area contributed by atoms with Gasteiger partial charge in [-0.2, -0.15) is 0 Å². The van der Waals surface area contributed by atoms with Crippen molar-refractivity contribution in [2.45, 2.75) is 13.0 Å². The molecule has 0 saturated carbocycles. The van der Waals surface area contributed by atoms with Gasteiger partial charge >= 0.3 is 0 Å². The summed E-state index contributed by atoms with van der Waals surface area (Å²) in [6.45, 7) is 1.87. The first kappa shape index (κ1) is 13.7. The topological polar surface area (TPSA) is 72.2 Å². The zero-order valence-electron chi connectivity index (χ0n) is 10.9. The largest absolute Gasteiger partial charge is 0.346 e. The lowest BCUT2D eigenvalue weighted by Gasteiger charge is -2.14. The zero-order chi connectivity index (χ0) is 14.5. The Morgan fingerprint density at radius 2 is 1.85 bits per heavy atom. The van der Waals surface area contributed by atoms with Gasteiger partial charge in [-0.3, -0.25) is 14.9 Å². The summed E-state index contributed by atoms with van der Waals surface area (Å²) >= 11 is 0. The lowest BCUT2D eigenvalue weighted by molar-refractivity contribution is -0.384. The molecule has 102 valence electrons. The Morgan fingerprint density at radius 3 is 2.50 bits per heavy atom. The molecule has 20 heavy (non-hydrogen) atoms. The van der Waals surface area contributed by atoms with Crippen LogP contribution >= 0.6 is 0 Å². The van der Waals surface area contributed by atoms with E-state index in [1.54, 1.807) is 6.07 Å². The molecule has 1 atom stereocenters. The SMILES string of the molecule is C[C@@H](NC(=O)c1cccc([N+](=O)[O-])c1)c1ccccc1. The average molecular weight is 270 g/mol. The maximum atomic E-state index is 12.1. The molecule has 2 aromatic carbocycles. The average Bonchev–Trinajstić information content (AvgIpc) is 2.48. The monoisotopic (exact) mass is 270 g/mol. The van der Waals surface area contributed by atoms with E-state index in [2.05, 4.69) is 5.32 Å². The summed E-state index contributed by atoms with van der Waals surface area (Å²) in [5, 5.41) is 13.5. The standard InChI is InChI=1S/C15H14N2O3/c1-11(12-6-3-2-4-7-12)16-15(18)13-8-5-9-14(10-13)17(19)20/h2-11H,1H3,(H,16,18)/t11-/m1/s1. The highest BCUT2D eigenvalue weighted by atomic mass is 16.6. The van der Waals surface area contributed by atoms with E-state index in [0.29, 0.717) is 0 Å². The van der Waals surface area contributed by atoms with Crippen molar-refractivity contribution in [1.82, 2.24) is 5.32 Å². The van der Waals surface area contributed by atoms with Crippen LogP contribution in [0.25, 0.3) is 0 Å². The van der Waals surface area contributed by atoms with Crippen molar-refractivity contribution < 1.29 is 9.72 Å². The van der Waals surface area contributed by atoms with E-state index in [1.165, 1.54) is 18.2 Å². The van der Waals surface area contributed by atoms with Crippen LogP contribution in [0.4, 0.5) is 5.69 Å². The Labute approximate surface area is 116 Å². The van der Waals surface area contributed by atoms with Crippen molar-refractivity contribution in [2.24, 2.45) is 0 Å². The number of benzene rings is 2. The van der Waals surface area contributed by atoms with Crippen LogP contribution in [0.15, 0.2) is 54.6 Å². The number of amides is 1. The molecule has 5 heteroatoms. The molecule has 0 aliphatic heterocycles. The Morgan fingerprint density at radius 1 is 1.15 bits per heavy atom. The number of hydrogen-bond acceptors (Lipinski definition) is 3. The minimum Gasteiger partial charge on any atom is -0.346 e. The van der Waals surface area contributed by atoms with E-state index >= 15 is 0 Å². The smallest absolute Gasteiger partial charge is 0.270 e. The molecule has 2 rings (SSSR count). The highest BCUT2D eigenvalue weighted by molar-refractivity contribution is 5.95. The van der Waals surface area contributed by atoms with E-state index in [0.717, 1.165) is 5.56 Å². The fraction of sp³-hybridized carbons (Fsp3) is 0.133. The predicted molar refractivity (Wildman–Crippen MR) is 75.4 cm³/mol. The molecule has 0 radical (unpaired) electrons. The number of carbonyl (C=O) groups is 1. The van der Waals surface area contributed by atoms with Crippen LogP contribution in [0.3, 0.4) is 0 Å². The third-order valence-electron chi connectivity index (χ3n) is 2.97. The van der Waals surface area contributed by atoms with Crippen LogP contribution in [-0.4, -0.2) is 10.8 Å². The maximum absolute atomic E-state index is 12.1. The van der Waals surface area contributed by atoms with Crippen LogP contribution < -0.4 is 5.32 Å². The number of rotatable bonds is 4. The molecule has 2 aromatic rings. The van der Waals surface area contributed by atoms with Crippen LogP contribution in [-0.2, 0) is 0 Å². The summed E-state index contributed by atoms with van der Waals surface area (Å²) in [5.74, 6) is -0.329. The minimum atomic E-state index is -0.516. The number of nitro benzene ring substituents is 1. The summed E-state index contributed by atoms with van der Waals surface area (Å²) < 4.78 is 0. The van der Waals surface area contributed by atoms with Gasteiger partial charge in [0.1, 0.15) is 0 Å². The molecule has 0 unspecified atom stereocenters. The van der Waals surface area contributed by atoms with Crippen molar-refractivity contribution in [1.29, 1.82) is 0 Å². The highest BCUT2D eigenvalue weighted by Crippen LogP contribution is 2.15. The normalized spacial score (nSPS) is 11.7. The van der Waals surface area contributed by atoms with Crippen LogP contribution in [0.1, 0.15) is 28.9 Å². The first-order chi connectivity index (χ1) is 9.58. The number of non-ortho nitro benzene ring substituents is 1. The zero-order valence-corrected chi connectivity index (χ0v) is 10.9. The Kier molecular flexibility index (Phi) is 4.10. The van der Waals surface area contributed by atoms with Crippen LogP contribution in [0.5, 0.6) is 0 Å². The summed E-state index contributed by atoms with van der Waals surface area (Å²) in [5.41, 5.74) is 1.17. The quantitative estimate of drug-likeness (QED) is 0.685. The number of nitro groups is 1. The van der Waals surface area contributed by atoms with Gasteiger partial charge in [-0.25, -0.2) is 0 Å². The molecule has 0 saturated heterocycles. The minimum absolute atomic E-state index is 0.0926. The summed E-state index contributed by atoms with van der Waals surface area (Å²) in [7, 11) is 0. The van der Waals surface area contributed by atoms with E-state index in [4.69, 9.17) is 0 Å². The molecule has 1 N–H and O–H groups in total. The second-order valence-electron chi connectivity index (χ2n) is 4.41. The van der Waals surface area contributed by atoms with Gasteiger partial charge in [-0.05, 0) is 18.6 Å². The molecule has 0 spiro atoms. The molecule has 0 aliphatic carbocycles. The lowest BCUT2D eigenvalue weighted by atomic mass is 10.1. The molecular formula is C15H14N2O3. The number of nitrogens with zero attached hydrogens (tertiary/aromatic N) is 1. The van der Waals surface area contributed by atoms with Crippen LogP contribution in [0, 0.1) is 10.1 Å². The third-order valence-corrected chi connectivity index (χ3v) is 2.97. The van der Waals surface area contributed by atoms with E-state index in [-0.39, 0.29) is 23.2 Å². The Hall–Kier alpha value is -2.69. The first-order valence-electron chi connectivity index (χ1n) is 6.18. The van der Waals surface area contributed by atoms with Gasteiger partial charge in [0.2, 0.25) is 0 Å². The molecule has 0 bridgehead atoms. The van der Waals surface area contributed by atoms with Crippen molar-refractivity contribution in [3.05, 3.63) is 75.8 Å². The Bertz CT molecular complexity index is 626. The van der Waals surface area contributed by atoms with E-state index < -0.39 is 4.92 Å². The van der Waals surface area contributed by atoms with Gasteiger partial charge in [0.15, 0.2) is 0 Å². The molecule has 1 amide bonds. The van der Waals surface area contributed by atoms with E-state index in [1.807, 2.05) is 37.3 Å². The molecule has 0 aliphatic rings. The van der Waals surface area contributed by atoms with Crippen molar-refractivity contribution >= 4 is 11.6 Å². The molecule has 0 fully saturated rings. The second kappa shape index (κ2) is 5.97. The molecular weight excluding hydrogens is 256 g/mol. The molecule has 0 heterocycles. The fourth-order valence-corrected chi connectivity index (χ4v) is 1.87. The number of hydrogen-bond donors (Lipinski definition) is 1. The number of carbonyl (C=O) groups excluding carboxylic acids is 1. The first-order valence-corrected chi connectivity index (χ1v) is 6.18. The lowest BCUT2D eigenvalue weighted by Crippen LogP contribution is -2.26. The fourth-order valence-electron chi connectivity index (χ4n) is 1.87. The maximum Gasteiger partial charge on any atom is 0.270 e. The summed E-state index contributed by atoms with van der Waals surface area (Å²) in [6.07, 6.45) is 0. The van der Waals surface area contributed by atoms with E-state index in [9.17, 15) is 14.9 Å². The Balaban J connectivity index is 2.12. The van der Waals surface area contributed by atoms with Gasteiger partial charge in [0, 0.05) is 17.7 Å². The predicted octanol–water partition coefficient (Wildman–Crippen LogP) is 3.09. The van der Waals surface area contributed by atoms with Gasteiger partial charge < -0.3 is 5.32 Å². The third kappa shape index (κ3) is 3.20. The van der Waals surface area contributed by atoms with Crippen LogP contribution in [0.2, 0.25) is 0 Å². The second-order valence-corrected chi connectivity index (χ2v) is 4.41. The van der Waals surface area contributed by atoms with Gasteiger partial charge in [-0.1, -0.05) is 36.4 Å².